The van der Waals surface area contributed by atoms with Gasteiger partial charge in [0.15, 0.2) is 0 Å². The van der Waals surface area contributed by atoms with E-state index < -0.39 is 0 Å². The molecule has 0 aliphatic heterocycles. The van der Waals surface area contributed by atoms with Gasteiger partial charge >= 0.3 is 0 Å². The van der Waals surface area contributed by atoms with Crippen molar-refractivity contribution >= 4 is 24.5 Å². The average molecular weight is 363 g/mol. The van der Waals surface area contributed by atoms with Crippen molar-refractivity contribution in [2.45, 2.75) is 57.0 Å². The van der Waals surface area contributed by atoms with E-state index in [1.54, 1.807) is 0 Å². The van der Waals surface area contributed by atoms with Crippen molar-refractivity contribution in [2.75, 3.05) is 28.2 Å². The van der Waals surface area contributed by atoms with Crippen LogP contribution in [-0.2, 0) is 4.43 Å². The number of rotatable bonds is 12. The van der Waals surface area contributed by atoms with E-state index in [0.717, 1.165) is 9.52 Å². The molecule has 1 atom stereocenters. The first-order valence-electron chi connectivity index (χ1n) is 8.95. The molecule has 134 valence electrons. The summed E-state index contributed by atoms with van der Waals surface area (Å²) in [5.74, 6) is 0. The molecule has 0 saturated carbocycles. The van der Waals surface area contributed by atoms with E-state index in [1.807, 2.05) is 0 Å². The largest absolute Gasteiger partial charge is 0.415 e. The Balaban J connectivity index is 2.43. The Kier molecular flexibility index (Phi) is 10.8. The third-order valence-electron chi connectivity index (χ3n) is 3.96. The minimum absolute atomic E-state index is 0.332. The Morgan fingerprint density at radius 3 is 2.04 bits per heavy atom. The molecule has 1 aromatic rings. The molecule has 0 fully saturated rings. The SMILES string of the molecule is CC(C)O[Si]C(CCCCC(N(C)C)N(C)C)[Si]c1ccccc1. The van der Waals surface area contributed by atoms with Crippen LogP contribution in [0.1, 0.15) is 39.5 Å². The monoisotopic (exact) mass is 362 g/mol. The van der Waals surface area contributed by atoms with Crippen LogP contribution >= 0.6 is 0 Å². The second-order valence-electron chi connectivity index (χ2n) is 7.04. The lowest BCUT2D eigenvalue weighted by molar-refractivity contribution is 0.117. The Bertz CT molecular complexity index is 419. The van der Waals surface area contributed by atoms with E-state index in [-0.39, 0.29) is 0 Å². The third-order valence-corrected chi connectivity index (χ3v) is 7.23. The zero-order chi connectivity index (χ0) is 17.9. The van der Waals surface area contributed by atoms with Crippen molar-refractivity contribution in [3.63, 3.8) is 0 Å². The maximum atomic E-state index is 5.95. The lowest BCUT2D eigenvalue weighted by Crippen LogP contribution is -2.40. The van der Waals surface area contributed by atoms with Crippen LogP contribution in [0.2, 0.25) is 5.16 Å². The molecule has 0 aliphatic carbocycles. The van der Waals surface area contributed by atoms with Crippen LogP contribution in [0.25, 0.3) is 0 Å². The molecule has 24 heavy (non-hydrogen) atoms. The molecule has 1 rings (SSSR count). The predicted octanol–water partition coefficient (Wildman–Crippen LogP) is 2.82. The van der Waals surface area contributed by atoms with Crippen LogP contribution in [0.3, 0.4) is 0 Å². The molecule has 4 radical (unpaired) electrons. The zero-order valence-electron chi connectivity index (χ0n) is 16.2. The molecule has 1 aromatic carbocycles. The van der Waals surface area contributed by atoms with Crippen LogP contribution in [0.15, 0.2) is 30.3 Å². The highest BCUT2D eigenvalue weighted by Crippen LogP contribution is 2.17. The van der Waals surface area contributed by atoms with Gasteiger partial charge in [-0.25, -0.2) is 0 Å². The Labute approximate surface area is 154 Å². The molecular weight excluding hydrogens is 328 g/mol. The third kappa shape index (κ3) is 9.13. The quantitative estimate of drug-likeness (QED) is 0.323. The first-order chi connectivity index (χ1) is 11.4. The molecule has 0 aromatic heterocycles. The predicted molar refractivity (Wildman–Crippen MR) is 107 cm³/mol. The molecular formula is C19H34N2OSi2. The summed E-state index contributed by atoms with van der Waals surface area (Å²) in [6, 6.07) is 10.9. The van der Waals surface area contributed by atoms with Gasteiger partial charge in [-0.3, -0.25) is 9.80 Å². The van der Waals surface area contributed by atoms with Gasteiger partial charge in [-0.1, -0.05) is 54.8 Å². The minimum atomic E-state index is 0.332. The first kappa shape index (κ1) is 21.6. The van der Waals surface area contributed by atoms with Gasteiger partial charge in [0.2, 0.25) is 9.76 Å². The number of hydrogen-bond donors (Lipinski definition) is 0. The summed E-state index contributed by atoms with van der Waals surface area (Å²) in [5, 5.41) is 2.13. The Morgan fingerprint density at radius 1 is 0.917 bits per heavy atom. The fourth-order valence-corrected chi connectivity index (χ4v) is 5.60. The van der Waals surface area contributed by atoms with Gasteiger partial charge in [0.05, 0.1) is 15.7 Å². The molecule has 0 spiro atoms. The topological polar surface area (TPSA) is 15.7 Å². The van der Waals surface area contributed by atoms with E-state index in [4.69, 9.17) is 4.43 Å². The molecule has 0 amide bonds. The molecule has 5 heteroatoms. The molecule has 1 unspecified atom stereocenters. The number of nitrogens with zero attached hydrogens (tertiary/aromatic N) is 2. The Hall–Kier alpha value is -0.466. The highest BCUT2D eigenvalue weighted by Gasteiger charge is 2.16. The minimum Gasteiger partial charge on any atom is -0.415 e. The van der Waals surface area contributed by atoms with Crippen molar-refractivity contribution < 1.29 is 4.43 Å². The fourth-order valence-electron chi connectivity index (χ4n) is 2.77. The summed E-state index contributed by atoms with van der Waals surface area (Å²) in [6.45, 7) is 4.27. The van der Waals surface area contributed by atoms with E-state index in [1.165, 1.54) is 30.9 Å². The summed E-state index contributed by atoms with van der Waals surface area (Å²) in [4.78, 5) is 4.62. The van der Waals surface area contributed by atoms with Crippen LogP contribution in [0, 0.1) is 0 Å². The van der Waals surface area contributed by atoms with Gasteiger partial charge in [0.25, 0.3) is 0 Å². The van der Waals surface area contributed by atoms with Crippen LogP contribution < -0.4 is 5.19 Å². The summed E-state index contributed by atoms with van der Waals surface area (Å²) in [7, 11) is 10.2. The fraction of sp³-hybridized carbons (Fsp3) is 0.684. The molecule has 0 aliphatic rings. The molecule has 3 nitrogen and oxygen atoms in total. The molecule has 0 bridgehead atoms. The van der Waals surface area contributed by atoms with Crippen LogP contribution in [-0.4, -0.2) is 69.5 Å². The molecule has 0 heterocycles. The molecule has 0 N–H and O–H groups in total. The second-order valence-corrected chi connectivity index (χ2v) is 10.3. The van der Waals surface area contributed by atoms with Gasteiger partial charge in [0, 0.05) is 6.10 Å². The van der Waals surface area contributed by atoms with Gasteiger partial charge in [-0.05, 0) is 53.6 Å². The van der Waals surface area contributed by atoms with Crippen molar-refractivity contribution in [1.82, 2.24) is 9.80 Å². The maximum absolute atomic E-state index is 5.95. The zero-order valence-corrected chi connectivity index (χ0v) is 18.2. The lowest BCUT2D eigenvalue weighted by Gasteiger charge is -2.30. The van der Waals surface area contributed by atoms with Crippen LogP contribution in [0.5, 0.6) is 0 Å². The van der Waals surface area contributed by atoms with Crippen molar-refractivity contribution in [3.8, 4) is 0 Å². The van der Waals surface area contributed by atoms with E-state index in [0.29, 0.717) is 27.2 Å². The highest BCUT2D eigenvalue weighted by atomic mass is 28.3. The molecule has 0 saturated heterocycles. The highest BCUT2D eigenvalue weighted by molar-refractivity contribution is 6.65. The maximum Gasteiger partial charge on any atom is 0.230 e. The summed E-state index contributed by atoms with van der Waals surface area (Å²) >= 11 is 0. The van der Waals surface area contributed by atoms with Crippen LogP contribution in [0.4, 0.5) is 0 Å². The normalized spacial score (nSPS) is 13.4. The average Bonchev–Trinajstić information content (AvgIpc) is 2.52. The van der Waals surface area contributed by atoms with E-state index in [9.17, 15) is 0 Å². The van der Waals surface area contributed by atoms with Gasteiger partial charge in [-0.2, -0.15) is 0 Å². The van der Waals surface area contributed by atoms with Gasteiger partial charge in [-0.15, -0.1) is 0 Å². The second kappa shape index (κ2) is 12.0. The summed E-state index contributed by atoms with van der Waals surface area (Å²) in [6.07, 6.45) is 5.94. The van der Waals surface area contributed by atoms with Crippen molar-refractivity contribution in [2.24, 2.45) is 0 Å². The number of hydrogen-bond acceptors (Lipinski definition) is 3. The van der Waals surface area contributed by atoms with E-state index >= 15 is 0 Å². The standard InChI is InChI=1S/C19H34N2OSi2/c1-16(2)22-24-19(23-17-12-8-7-9-13-17)15-11-10-14-18(20(3)4)21(5)6/h7-9,12-13,16,18-19H,10-11,14-15H2,1-6H3. The van der Waals surface area contributed by atoms with E-state index in [2.05, 4.69) is 82.2 Å². The van der Waals surface area contributed by atoms with Crippen molar-refractivity contribution in [1.29, 1.82) is 0 Å². The summed E-state index contributed by atoms with van der Waals surface area (Å²) in [5.41, 5.74) is 0. The first-order valence-corrected chi connectivity index (χ1v) is 11.0. The number of benzene rings is 1. The lowest BCUT2D eigenvalue weighted by atomic mass is 10.1. The smallest absolute Gasteiger partial charge is 0.230 e. The van der Waals surface area contributed by atoms with Gasteiger partial charge < -0.3 is 4.43 Å². The van der Waals surface area contributed by atoms with Gasteiger partial charge in [0.1, 0.15) is 0 Å². The van der Waals surface area contributed by atoms with Crippen molar-refractivity contribution in [3.05, 3.63) is 30.3 Å². The summed E-state index contributed by atoms with van der Waals surface area (Å²) < 4.78 is 5.95. The Morgan fingerprint density at radius 2 is 1.50 bits per heavy atom. The number of unbranched alkanes of at least 4 members (excludes halogenated alkanes) is 1.